The summed E-state index contributed by atoms with van der Waals surface area (Å²) in [7, 11) is 1.81. The summed E-state index contributed by atoms with van der Waals surface area (Å²) in [6.45, 7) is 1.51. The van der Waals surface area contributed by atoms with Crippen molar-refractivity contribution in [3.8, 4) is 11.1 Å². The quantitative estimate of drug-likeness (QED) is 0.826. The van der Waals surface area contributed by atoms with Gasteiger partial charge in [-0.15, -0.1) is 0 Å². The maximum absolute atomic E-state index is 13.4. The van der Waals surface area contributed by atoms with Crippen molar-refractivity contribution < 1.29 is 18.4 Å². The second-order valence-corrected chi connectivity index (χ2v) is 7.98. The molecule has 0 atom stereocenters. The molecule has 1 aromatic carbocycles. The van der Waals surface area contributed by atoms with Crippen LogP contribution in [0.2, 0.25) is 0 Å². The minimum Gasteiger partial charge on any atom is -0.326 e. The van der Waals surface area contributed by atoms with Gasteiger partial charge in [0.25, 0.3) is 0 Å². The third kappa shape index (κ3) is 4.27. The van der Waals surface area contributed by atoms with Crippen molar-refractivity contribution >= 4 is 17.8 Å². The lowest BCUT2D eigenvalue weighted by molar-refractivity contribution is -0.121. The van der Waals surface area contributed by atoms with Crippen LogP contribution in [0.15, 0.2) is 36.5 Å². The summed E-state index contributed by atoms with van der Waals surface area (Å²) in [5, 5.41) is 2.83. The maximum atomic E-state index is 13.4. The molecule has 0 unspecified atom stereocenters. The number of nitrogens with zero attached hydrogens (tertiary/aromatic N) is 3. The van der Waals surface area contributed by atoms with Crippen LogP contribution in [-0.2, 0) is 4.79 Å². The number of benzene rings is 1. The number of carbonyl (C=O) groups is 2. The highest BCUT2D eigenvalue weighted by Gasteiger charge is 2.35. The van der Waals surface area contributed by atoms with Crippen LogP contribution in [0.4, 0.5) is 19.4 Å². The minimum absolute atomic E-state index is 0.0744. The second-order valence-electron chi connectivity index (χ2n) is 7.98. The van der Waals surface area contributed by atoms with Crippen molar-refractivity contribution in [2.75, 3.05) is 25.5 Å². The largest absolute Gasteiger partial charge is 0.326 e. The number of hydrogen-bond donors (Lipinski definition) is 1. The average molecular weight is 414 g/mol. The number of amides is 3. The smallest absolute Gasteiger partial charge is 0.320 e. The first-order valence-electron chi connectivity index (χ1n) is 10.2. The summed E-state index contributed by atoms with van der Waals surface area (Å²) >= 11 is 0. The predicted octanol–water partition coefficient (Wildman–Crippen LogP) is 3.89. The van der Waals surface area contributed by atoms with Gasteiger partial charge in [-0.2, -0.15) is 0 Å². The Morgan fingerprint density at radius 3 is 2.30 bits per heavy atom. The molecule has 1 aliphatic heterocycles. The number of likely N-dealkylation sites (N-methyl/N-ethyl adjacent to an activating group) is 1. The zero-order chi connectivity index (χ0) is 21.3. The highest BCUT2D eigenvalue weighted by molar-refractivity contribution is 5.91. The first-order chi connectivity index (χ1) is 14.4. The van der Waals surface area contributed by atoms with Crippen molar-refractivity contribution in [3.63, 3.8) is 0 Å². The van der Waals surface area contributed by atoms with Crippen LogP contribution in [0, 0.1) is 17.6 Å². The third-order valence-corrected chi connectivity index (χ3v) is 5.97. The van der Waals surface area contributed by atoms with Crippen LogP contribution >= 0.6 is 0 Å². The summed E-state index contributed by atoms with van der Waals surface area (Å²) in [5.41, 5.74) is 0.949. The fraction of sp³-hybridized carbons (Fsp3) is 0.409. The first-order valence-corrected chi connectivity index (χ1v) is 10.2. The fourth-order valence-electron chi connectivity index (χ4n) is 4.24. The lowest BCUT2D eigenvalue weighted by Crippen LogP contribution is -2.42. The number of rotatable bonds is 4. The normalized spacial score (nSPS) is 21.8. The molecule has 2 fully saturated rings. The number of hydrogen-bond acceptors (Lipinski definition) is 3. The summed E-state index contributed by atoms with van der Waals surface area (Å²) < 4.78 is 26.8. The standard InChI is InChI=1S/C22H24F2N4O2/c1-27-8-9-28(22(27)30)19-5-2-14(3-6-19)21(29)26-20-7-4-15(13-25-20)16-10-17(23)12-18(24)11-16/h4,7,10-14,19H,2-3,5-6,8-9H2,1H3,(H,25,26,29)/t14-,19+. The minimum atomic E-state index is -0.653. The Morgan fingerprint density at radius 1 is 1.03 bits per heavy atom. The van der Waals surface area contributed by atoms with Crippen LogP contribution in [0.5, 0.6) is 0 Å². The molecule has 2 heterocycles. The van der Waals surface area contributed by atoms with Gasteiger partial charge in [-0.05, 0) is 55.5 Å². The number of aromatic nitrogens is 1. The molecule has 1 N–H and O–H groups in total. The molecule has 6 nitrogen and oxygen atoms in total. The number of pyridine rings is 1. The SMILES string of the molecule is CN1CCN([C@H]2CC[C@@H](C(=O)Nc3ccc(-c4cc(F)cc(F)c4)cn3)CC2)C1=O. The second kappa shape index (κ2) is 8.38. The van der Waals surface area contributed by atoms with Crippen LogP contribution in [0.1, 0.15) is 25.7 Å². The van der Waals surface area contributed by atoms with Gasteiger partial charge in [0.15, 0.2) is 0 Å². The Morgan fingerprint density at radius 2 is 1.73 bits per heavy atom. The van der Waals surface area contributed by atoms with Crippen LogP contribution in [0.3, 0.4) is 0 Å². The highest BCUT2D eigenvalue weighted by Crippen LogP contribution is 2.30. The Kier molecular flexibility index (Phi) is 5.65. The number of anilines is 1. The number of urea groups is 1. The van der Waals surface area contributed by atoms with E-state index in [0.29, 0.717) is 16.9 Å². The maximum Gasteiger partial charge on any atom is 0.320 e. The van der Waals surface area contributed by atoms with E-state index in [1.54, 1.807) is 17.0 Å². The van der Waals surface area contributed by atoms with Crippen molar-refractivity contribution in [1.82, 2.24) is 14.8 Å². The van der Waals surface area contributed by atoms with Gasteiger partial charge < -0.3 is 15.1 Å². The van der Waals surface area contributed by atoms with E-state index in [2.05, 4.69) is 10.3 Å². The van der Waals surface area contributed by atoms with E-state index in [4.69, 9.17) is 0 Å². The number of halogens is 2. The molecule has 8 heteroatoms. The summed E-state index contributed by atoms with van der Waals surface area (Å²) in [6, 6.07) is 6.86. The lowest BCUT2D eigenvalue weighted by Gasteiger charge is -2.33. The topological polar surface area (TPSA) is 65.5 Å². The zero-order valence-electron chi connectivity index (χ0n) is 16.8. The Hall–Kier alpha value is -3.03. The Bertz CT molecular complexity index is 922. The Labute approximate surface area is 173 Å². The van der Waals surface area contributed by atoms with E-state index >= 15 is 0 Å². The third-order valence-electron chi connectivity index (χ3n) is 5.97. The molecule has 30 heavy (non-hydrogen) atoms. The van der Waals surface area contributed by atoms with Gasteiger partial charge in [0, 0.05) is 49.9 Å². The van der Waals surface area contributed by atoms with Crippen molar-refractivity contribution in [2.24, 2.45) is 5.92 Å². The van der Waals surface area contributed by atoms with E-state index in [1.165, 1.54) is 18.3 Å². The fourth-order valence-corrected chi connectivity index (χ4v) is 4.24. The van der Waals surface area contributed by atoms with E-state index in [9.17, 15) is 18.4 Å². The molecule has 0 spiro atoms. The predicted molar refractivity (Wildman–Crippen MR) is 109 cm³/mol. The molecule has 1 aliphatic carbocycles. The van der Waals surface area contributed by atoms with Crippen LogP contribution < -0.4 is 5.32 Å². The monoisotopic (exact) mass is 414 g/mol. The molecular formula is C22H24F2N4O2. The van der Waals surface area contributed by atoms with Crippen molar-refractivity contribution in [1.29, 1.82) is 0 Å². The number of carbonyl (C=O) groups excluding carboxylic acids is 2. The molecule has 158 valence electrons. The molecular weight excluding hydrogens is 390 g/mol. The molecule has 1 saturated heterocycles. The molecule has 4 rings (SSSR count). The Balaban J connectivity index is 1.33. The van der Waals surface area contributed by atoms with Crippen molar-refractivity contribution in [2.45, 2.75) is 31.7 Å². The van der Waals surface area contributed by atoms with E-state index < -0.39 is 11.6 Å². The summed E-state index contributed by atoms with van der Waals surface area (Å²) in [4.78, 5) is 32.6. The zero-order valence-corrected chi connectivity index (χ0v) is 16.8. The molecule has 0 bridgehead atoms. The van der Waals surface area contributed by atoms with Gasteiger partial charge >= 0.3 is 6.03 Å². The van der Waals surface area contributed by atoms with Gasteiger partial charge in [-0.1, -0.05) is 0 Å². The molecule has 3 amide bonds. The van der Waals surface area contributed by atoms with Gasteiger partial charge in [0.1, 0.15) is 17.5 Å². The first kappa shape index (κ1) is 20.3. The summed E-state index contributed by atoms with van der Waals surface area (Å²) in [5.74, 6) is -1.11. The van der Waals surface area contributed by atoms with Crippen molar-refractivity contribution in [3.05, 3.63) is 48.2 Å². The van der Waals surface area contributed by atoms with Gasteiger partial charge in [-0.3, -0.25) is 4.79 Å². The molecule has 2 aromatic rings. The highest BCUT2D eigenvalue weighted by atomic mass is 19.1. The van der Waals surface area contributed by atoms with E-state index in [-0.39, 0.29) is 23.9 Å². The number of nitrogens with one attached hydrogen (secondary N) is 1. The average Bonchev–Trinajstić information content (AvgIpc) is 3.06. The van der Waals surface area contributed by atoms with E-state index in [1.807, 2.05) is 11.9 Å². The molecule has 1 saturated carbocycles. The van der Waals surface area contributed by atoms with Crippen LogP contribution in [-0.4, -0.2) is 52.9 Å². The lowest BCUT2D eigenvalue weighted by atomic mass is 9.85. The molecule has 1 aromatic heterocycles. The van der Waals surface area contributed by atoms with Gasteiger partial charge in [0.05, 0.1) is 0 Å². The molecule has 0 radical (unpaired) electrons. The van der Waals surface area contributed by atoms with Crippen LogP contribution in [0.25, 0.3) is 11.1 Å². The van der Waals surface area contributed by atoms with Gasteiger partial charge in [0.2, 0.25) is 5.91 Å². The van der Waals surface area contributed by atoms with E-state index in [0.717, 1.165) is 44.8 Å². The summed E-state index contributed by atoms with van der Waals surface area (Å²) in [6.07, 6.45) is 4.57. The molecule has 2 aliphatic rings. The van der Waals surface area contributed by atoms with Gasteiger partial charge in [-0.25, -0.2) is 18.6 Å².